The van der Waals surface area contributed by atoms with E-state index in [2.05, 4.69) is 5.32 Å². The van der Waals surface area contributed by atoms with Crippen molar-refractivity contribution in [2.45, 2.75) is 19.3 Å². The molecule has 0 fully saturated rings. The topological polar surface area (TPSA) is 58.6 Å². The predicted molar refractivity (Wildman–Crippen MR) is 93.5 cm³/mol. The molecule has 124 valence electrons. The minimum Gasteiger partial charge on any atom is -0.497 e. The standard InChI is InChI=1S/C19H20N2O3/c1-21-17-8-7-15(11-14(17)12-19(21)23)20-18(22)9-6-13-4-3-5-16(10-13)24-2/h3-5,7-8,10-11H,6,9,12H2,1-2H3,(H,20,22). The number of ether oxygens (including phenoxy) is 1. The maximum Gasteiger partial charge on any atom is 0.231 e. The number of carbonyl (C=O) groups is 2. The van der Waals surface area contributed by atoms with Gasteiger partial charge < -0.3 is 15.0 Å². The van der Waals surface area contributed by atoms with Gasteiger partial charge in [-0.05, 0) is 47.9 Å². The number of rotatable bonds is 5. The molecule has 5 nitrogen and oxygen atoms in total. The fraction of sp³-hybridized carbons (Fsp3) is 0.263. The number of fused-ring (bicyclic) bond motifs is 1. The zero-order valence-corrected chi connectivity index (χ0v) is 13.8. The molecule has 1 aliphatic rings. The normalized spacial score (nSPS) is 12.9. The molecule has 0 saturated carbocycles. The second kappa shape index (κ2) is 6.74. The number of hydrogen-bond donors (Lipinski definition) is 1. The summed E-state index contributed by atoms with van der Waals surface area (Å²) in [6.07, 6.45) is 1.43. The summed E-state index contributed by atoms with van der Waals surface area (Å²) in [5.74, 6) is 0.822. The summed E-state index contributed by atoms with van der Waals surface area (Å²) in [5, 5.41) is 2.90. The first-order valence-corrected chi connectivity index (χ1v) is 7.89. The van der Waals surface area contributed by atoms with E-state index in [0.717, 1.165) is 28.3 Å². The summed E-state index contributed by atoms with van der Waals surface area (Å²) in [7, 11) is 3.39. The van der Waals surface area contributed by atoms with Crippen molar-refractivity contribution in [3.05, 3.63) is 53.6 Å². The van der Waals surface area contributed by atoms with Crippen molar-refractivity contribution < 1.29 is 14.3 Å². The maximum absolute atomic E-state index is 12.1. The fourth-order valence-electron chi connectivity index (χ4n) is 2.86. The zero-order valence-electron chi connectivity index (χ0n) is 13.8. The number of anilines is 2. The lowest BCUT2D eigenvalue weighted by atomic mass is 10.1. The summed E-state index contributed by atoms with van der Waals surface area (Å²) in [4.78, 5) is 25.5. The fourth-order valence-corrected chi connectivity index (χ4v) is 2.86. The van der Waals surface area contributed by atoms with Crippen molar-refractivity contribution in [3.8, 4) is 5.75 Å². The van der Waals surface area contributed by atoms with E-state index in [9.17, 15) is 9.59 Å². The molecule has 3 rings (SSSR count). The lowest BCUT2D eigenvalue weighted by Crippen LogP contribution is -2.20. The number of nitrogens with one attached hydrogen (secondary N) is 1. The third-order valence-electron chi connectivity index (χ3n) is 4.22. The molecule has 0 saturated heterocycles. The smallest absolute Gasteiger partial charge is 0.231 e. The van der Waals surface area contributed by atoms with Crippen LogP contribution in [-0.4, -0.2) is 26.0 Å². The largest absolute Gasteiger partial charge is 0.497 e. The maximum atomic E-state index is 12.1. The molecule has 5 heteroatoms. The van der Waals surface area contributed by atoms with Crippen molar-refractivity contribution in [1.29, 1.82) is 0 Å². The number of aryl methyl sites for hydroxylation is 1. The number of carbonyl (C=O) groups excluding carboxylic acids is 2. The predicted octanol–water partition coefficient (Wildman–Crippen LogP) is 2.79. The first kappa shape index (κ1) is 16.1. The van der Waals surface area contributed by atoms with Crippen molar-refractivity contribution >= 4 is 23.2 Å². The molecule has 1 aliphatic heterocycles. The van der Waals surface area contributed by atoms with Crippen LogP contribution in [0.5, 0.6) is 5.75 Å². The lowest BCUT2D eigenvalue weighted by molar-refractivity contribution is -0.117. The summed E-state index contributed by atoms with van der Waals surface area (Å²) in [6, 6.07) is 13.3. The van der Waals surface area contributed by atoms with Gasteiger partial charge in [0.15, 0.2) is 0 Å². The number of methoxy groups -OCH3 is 1. The van der Waals surface area contributed by atoms with E-state index >= 15 is 0 Å². The molecule has 2 aromatic rings. The molecule has 0 spiro atoms. The molecule has 24 heavy (non-hydrogen) atoms. The molecule has 0 aromatic heterocycles. The van der Waals surface area contributed by atoms with Gasteiger partial charge in [0.1, 0.15) is 5.75 Å². The van der Waals surface area contributed by atoms with Crippen LogP contribution in [0.4, 0.5) is 11.4 Å². The Hall–Kier alpha value is -2.82. The Morgan fingerprint density at radius 1 is 1.25 bits per heavy atom. The lowest BCUT2D eigenvalue weighted by Gasteiger charge is -2.11. The molecule has 0 bridgehead atoms. The Kier molecular flexibility index (Phi) is 4.51. The summed E-state index contributed by atoms with van der Waals surface area (Å²) in [5.41, 5.74) is 3.65. The van der Waals surface area contributed by atoms with E-state index in [1.807, 2.05) is 42.5 Å². The van der Waals surface area contributed by atoms with Gasteiger partial charge in [-0.15, -0.1) is 0 Å². The van der Waals surface area contributed by atoms with E-state index in [4.69, 9.17) is 4.74 Å². The van der Waals surface area contributed by atoms with Crippen LogP contribution in [0.2, 0.25) is 0 Å². The van der Waals surface area contributed by atoms with Gasteiger partial charge in [0.2, 0.25) is 11.8 Å². The van der Waals surface area contributed by atoms with Crippen molar-refractivity contribution in [2.75, 3.05) is 24.4 Å². The van der Waals surface area contributed by atoms with Crippen molar-refractivity contribution in [1.82, 2.24) is 0 Å². The number of likely N-dealkylation sites (N-methyl/N-ethyl adjacent to an activating group) is 1. The highest BCUT2D eigenvalue weighted by Gasteiger charge is 2.23. The SMILES string of the molecule is COc1cccc(CCC(=O)Nc2ccc3c(c2)CC(=O)N3C)c1. The second-order valence-corrected chi connectivity index (χ2v) is 5.87. The molecular formula is C19H20N2O3. The van der Waals surface area contributed by atoms with Crippen LogP contribution in [0.15, 0.2) is 42.5 Å². The number of benzene rings is 2. The number of nitrogens with zero attached hydrogens (tertiary/aromatic N) is 1. The minimum absolute atomic E-state index is 0.0459. The van der Waals surface area contributed by atoms with Gasteiger partial charge in [-0.2, -0.15) is 0 Å². The van der Waals surface area contributed by atoms with Gasteiger partial charge >= 0.3 is 0 Å². The van der Waals surface area contributed by atoms with E-state index in [0.29, 0.717) is 19.3 Å². The Labute approximate surface area is 141 Å². The van der Waals surface area contributed by atoms with Gasteiger partial charge in [0.25, 0.3) is 0 Å². The Balaban J connectivity index is 1.59. The molecular weight excluding hydrogens is 304 g/mol. The summed E-state index contributed by atoms with van der Waals surface area (Å²) >= 11 is 0. The number of amides is 2. The van der Waals surface area contributed by atoms with Crippen LogP contribution in [0.3, 0.4) is 0 Å². The Bertz CT molecular complexity index is 786. The quantitative estimate of drug-likeness (QED) is 0.920. The van der Waals surface area contributed by atoms with Crippen LogP contribution in [0.1, 0.15) is 17.5 Å². The van der Waals surface area contributed by atoms with Crippen LogP contribution >= 0.6 is 0 Å². The molecule has 0 unspecified atom stereocenters. The van der Waals surface area contributed by atoms with Crippen LogP contribution in [0, 0.1) is 0 Å². The Morgan fingerprint density at radius 3 is 2.88 bits per heavy atom. The Morgan fingerprint density at radius 2 is 2.08 bits per heavy atom. The second-order valence-electron chi connectivity index (χ2n) is 5.87. The van der Waals surface area contributed by atoms with Gasteiger partial charge in [-0.3, -0.25) is 9.59 Å². The monoisotopic (exact) mass is 324 g/mol. The van der Waals surface area contributed by atoms with Crippen LogP contribution in [-0.2, 0) is 22.4 Å². The van der Waals surface area contributed by atoms with Crippen LogP contribution in [0.25, 0.3) is 0 Å². The third-order valence-corrected chi connectivity index (χ3v) is 4.22. The van der Waals surface area contributed by atoms with E-state index in [-0.39, 0.29) is 11.8 Å². The van der Waals surface area contributed by atoms with Crippen LogP contribution < -0.4 is 15.0 Å². The molecule has 2 aromatic carbocycles. The van der Waals surface area contributed by atoms with Crippen molar-refractivity contribution in [3.63, 3.8) is 0 Å². The zero-order chi connectivity index (χ0) is 17.1. The summed E-state index contributed by atoms with van der Waals surface area (Å²) in [6.45, 7) is 0. The van der Waals surface area contributed by atoms with E-state index < -0.39 is 0 Å². The molecule has 1 N–H and O–H groups in total. The molecule has 1 heterocycles. The highest BCUT2D eigenvalue weighted by molar-refractivity contribution is 6.02. The van der Waals surface area contributed by atoms with E-state index in [1.54, 1.807) is 19.1 Å². The highest BCUT2D eigenvalue weighted by atomic mass is 16.5. The van der Waals surface area contributed by atoms with Gasteiger partial charge in [-0.25, -0.2) is 0 Å². The summed E-state index contributed by atoms with van der Waals surface area (Å²) < 4.78 is 5.19. The first-order chi connectivity index (χ1) is 11.6. The third kappa shape index (κ3) is 3.40. The average Bonchev–Trinajstić information content (AvgIpc) is 2.87. The van der Waals surface area contributed by atoms with E-state index in [1.165, 1.54) is 0 Å². The van der Waals surface area contributed by atoms with Gasteiger partial charge in [-0.1, -0.05) is 12.1 Å². The average molecular weight is 324 g/mol. The van der Waals surface area contributed by atoms with Gasteiger partial charge in [0.05, 0.1) is 13.5 Å². The molecule has 0 radical (unpaired) electrons. The molecule has 0 atom stereocenters. The van der Waals surface area contributed by atoms with Gasteiger partial charge in [0, 0.05) is 24.8 Å². The number of hydrogen-bond acceptors (Lipinski definition) is 3. The highest BCUT2D eigenvalue weighted by Crippen LogP contribution is 2.30. The first-order valence-electron chi connectivity index (χ1n) is 7.89. The minimum atomic E-state index is -0.0459. The molecule has 0 aliphatic carbocycles. The van der Waals surface area contributed by atoms with Crippen molar-refractivity contribution in [2.24, 2.45) is 0 Å². The molecule has 2 amide bonds.